The van der Waals surface area contributed by atoms with Gasteiger partial charge in [0.05, 0.1) is 26.1 Å². The minimum absolute atomic E-state index is 0.101. The number of ether oxygens (including phenoxy) is 2. The smallest absolute Gasteiger partial charge is 0.326 e. The van der Waals surface area contributed by atoms with Crippen molar-refractivity contribution in [2.75, 3.05) is 37.8 Å². The fourth-order valence-corrected chi connectivity index (χ4v) is 2.49. The molecule has 1 aliphatic heterocycles. The Balaban J connectivity index is 1.97. The number of morpholine rings is 1. The molecular formula is C14H19N5O3. The van der Waals surface area contributed by atoms with Crippen LogP contribution in [-0.2, 0) is 20.8 Å². The lowest BCUT2D eigenvalue weighted by Gasteiger charge is -2.27. The second-order valence-electron chi connectivity index (χ2n) is 5.04. The van der Waals surface area contributed by atoms with Gasteiger partial charge < -0.3 is 18.9 Å². The summed E-state index contributed by atoms with van der Waals surface area (Å²) < 4.78 is 12.1. The maximum absolute atomic E-state index is 11.7. The molecule has 22 heavy (non-hydrogen) atoms. The molecule has 0 aromatic carbocycles. The average Bonchev–Trinajstić information content (AvgIpc) is 2.90. The lowest BCUT2D eigenvalue weighted by molar-refractivity contribution is -0.143. The SMILES string of the molecule is CCOC(=O)Cn1cnc2c(N3CCOCC3)nc(C)nc21. The molecule has 0 aliphatic carbocycles. The Bertz CT molecular complexity index is 678. The summed E-state index contributed by atoms with van der Waals surface area (Å²) >= 11 is 0. The van der Waals surface area contributed by atoms with Crippen LogP contribution < -0.4 is 4.90 Å². The van der Waals surface area contributed by atoms with E-state index >= 15 is 0 Å². The van der Waals surface area contributed by atoms with Crippen molar-refractivity contribution in [3.8, 4) is 0 Å². The summed E-state index contributed by atoms with van der Waals surface area (Å²) in [7, 11) is 0. The standard InChI is InChI=1S/C14H19N5O3/c1-3-22-11(20)8-19-9-15-12-13(16-10(2)17-14(12)19)18-4-6-21-7-5-18/h9H,3-8H2,1-2H3. The summed E-state index contributed by atoms with van der Waals surface area (Å²) in [5.74, 6) is 1.15. The van der Waals surface area contributed by atoms with Crippen LogP contribution >= 0.6 is 0 Å². The van der Waals surface area contributed by atoms with E-state index in [0.29, 0.717) is 36.8 Å². The van der Waals surface area contributed by atoms with Crippen LogP contribution in [0.1, 0.15) is 12.7 Å². The summed E-state index contributed by atoms with van der Waals surface area (Å²) in [6.07, 6.45) is 1.61. The molecule has 3 heterocycles. The zero-order valence-corrected chi connectivity index (χ0v) is 12.8. The Morgan fingerprint density at radius 2 is 2.14 bits per heavy atom. The highest BCUT2D eigenvalue weighted by molar-refractivity contribution is 5.84. The molecule has 8 heteroatoms. The molecule has 1 fully saturated rings. The number of carbonyl (C=O) groups is 1. The second-order valence-corrected chi connectivity index (χ2v) is 5.04. The van der Waals surface area contributed by atoms with Crippen LogP contribution in [0, 0.1) is 6.92 Å². The Morgan fingerprint density at radius 1 is 1.36 bits per heavy atom. The number of fused-ring (bicyclic) bond motifs is 1. The topological polar surface area (TPSA) is 82.4 Å². The predicted molar refractivity (Wildman–Crippen MR) is 79.7 cm³/mol. The molecular weight excluding hydrogens is 286 g/mol. The molecule has 1 saturated heterocycles. The second kappa shape index (κ2) is 6.27. The third-order valence-electron chi connectivity index (χ3n) is 3.47. The van der Waals surface area contributed by atoms with E-state index < -0.39 is 0 Å². The van der Waals surface area contributed by atoms with Crippen molar-refractivity contribution in [3.05, 3.63) is 12.2 Å². The number of anilines is 1. The number of esters is 1. The van der Waals surface area contributed by atoms with Gasteiger partial charge in [0, 0.05) is 13.1 Å². The lowest BCUT2D eigenvalue weighted by Crippen LogP contribution is -2.37. The molecule has 0 bridgehead atoms. The van der Waals surface area contributed by atoms with Crippen LogP contribution in [0.25, 0.3) is 11.2 Å². The van der Waals surface area contributed by atoms with Crippen LogP contribution in [0.2, 0.25) is 0 Å². The normalized spacial score (nSPS) is 15.3. The minimum Gasteiger partial charge on any atom is -0.465 e. The molecule has 0 spiro atoms. The van der Waals surface area contributed by atoms with Crippen LogP contribution in [0.5, 0.6) is 0 Å². The van der Waals surface area contributed by atoms with E-state index in [-0.39, 0.29) is 12.5 Å². The Hall–Kier alpha value is -2.22. The van der Waals surface area contributed by atoms with Crippen molar-refractivity contribution in [3.63, 3.8) is 0 Å². The first-order valence-electron chi connectivity index (χ1n) is 7.37. The van der Waals surface area contributed by atoms with E-state index in [1.165, 1.54) is 0 Å². The summed E-state index contributed by atoms with van der Waals surface area (Å²) in [5, 5.41) is 0. The Morgan fingerprint density at radius 3 is 2.86 bits per heavy atom. The first-order chi connectivity index (χ1) is 10.7. The lowest BCUT2D eigenvalue weighted by atomic mass is 10.3. The summed E-state index contributed by atoms with van der Waals surface area (Å²) in [4.78, 5) is 27.2. The van der Waals surface area contributed by atoms with Gasteiger partial charge in [0.15, 0.2) is 17.0 Å². The van der Waals surface area contributed by atoms with Gasteiger partial charge in [0.25, 0.3) is 0 Å². The van der Waals surface area contributed by atoms with E-state index in [2.05, 4.69) is 19.9 Å². The monoisotopic (exact) mass is 305 g/mol. The van der Waals surface area contributed by atoms with Gasteiger partial charge >= 0.3 is 5.97 Å². The first-order valence-corrected chi connectivity index (χ1v) is 7.37. The Labute approximate surface area is 128 Å². The number of hydrogen-bond donors (Lipinski definition) is 0. The number of carbonyl (C=O) groups excluding carboxylic acids is 1. The molecule has 0 unspecified atom stereocenters. The number of aromatic nitrogens is 4. The molecule has 2 aromatic rings. The number of aryl methyl sites for hydroxylation is 1. The number of imidazole rings is 1. The van der Waals surface area contributed by atoms with E-state index in [0.717, 1.165) is 18.9 Å². The molecule has 0 atom stereocenters. The van der Waals surface area contributed by atoms with Crippen LogP contribution in [0.3, 0.4) is 0 Å². The molecule has 2 aromatic heterocycles. The van der Waals surface area contributed by atoms with Gasteiger partial charge in [0.2, 0.25) is 0 Å². The molecule has 118 valence electrons. The fraction of sp³-hybridized carbons (Fsp3) is 0.571. The highest BCUT2D eigenvalue weighted by Crippen LogP contribution is 2.23. The van der Waals surface area contributed by atoms with Crippen LogP contribution in [0.15, 0.2) is 6.33 Å². The summed E-state index contributed by atoms with van der Waals surface area (Å²) in [5.41, 5.74) is 1.36. The van der Waals surface area contributed by atoms with Gasteiger partial charge in [-0.25, -0.2) is 15.0 Å². The van der Waals surface area contributed by atoms with Crippen molar-refractivity contribution in [2.24, 2.45) is 0 Å². The summed E-state index contributed by atoms with van der Waals surface area (Å²) in [6.45, 7) is 6.98. The molecule has 0 radical (unpaired) electrons. The molecule has 0 amide bonds. The van der Waals surface area contributed by atoms with Gasteiger partial charge in [-0.15, -0.1) is 0 Å². The van der Waals surface area contributed by atoms with E-state index in [1.54, 1.807) is 17.8 Å². The van der Waals surface area contributed by atoms with E-state index in [9.17, 15) is 4.79 Å². The number of rotatable bonds is 4. The van der Waals surface area contributed by atoms with Crippen molar-refractivity contribution in [1.29, 1.82) is 0 Å². The minimum atomic E-state index is -0.300. The molecule has 8 nitrogen and oxygen atoms in total. The highest BCUT2D eigenvalue weighted by Gasteiger charge is 2.20. The molecule has 3 rings (SSSR count). The van der Waals surface area contributed by atoms with Crippen LogP contribution in [0.4, 0.5) is 5.82 Å². The first kappa shape index (κ1) is 14.7. The van der Waals surface area contributed by atoms with E-state index in [1.807, 2.05) is 6.92 Å². The quantitative estimate of drug-likeness (QED) is 0.762. The van der Waals surface area contributed by atoms with Gasteiger partial charge in [0.1, 0.15) is 12.4 Å². The van der Waals surface area contributed by atoms with Gasteiger partial charge in [-0.05, 0) is 13.8 Å². The summed E-state index contributed by atoms with van der Waals surface area (Å²) in [6, 6.07) is 0. The van der Waals surface area contributed by atoms with Crippen molar-refractivity contribution in [1.82, 2.24) is 19.5 Å². The van der Waals surface area contributed by atoms with Crippen molar-refractivity contribution < 1.29 is 14.3 Å². The Kier molecular flexibility index (Phi) is 4.19. The maximum atomic E-state index is 11.7. The third-order valence-corrected chi connectivity index (χ3v) is 3.47. The number of nitrogens with zero attached hydrogens (tertiary/aromatic N) is 5. The zero-order chi connectivity index (χ0) is 15.5. The van der Waals surface area contributed by atoms with Gasteiger partial charge in [-0.2, -0.15) is 0 Å². The van der Waals surface area contributed by atoms with Crippen molar-refractivity contribution in [2.45, 2.75) is 20.4 Å². The number of hydrogen-bond acceptors (Lipinski definition) is 7. The highest BCUT2D eigenvalue weighted by atomic mass is 16.5. The maximum Gasteiger partial charge on any atom is 0.326 e. The molecule has 0 N–H and O–H groups in total. The third kappa shape index (κ3) is 2.87. The largest absolute Gasteiger partial charge is 0.465 e. The molecule has 0 saturated carbocycles. The fourth-order valence-electron chi connectivity index (χ4n) is 2.49. The average molecular weight is 305 g/mol. The van der Waals surface area contributed by atoms with Crippen molar-refractivity contribution >= 4 is 23.0 Å². The molecule has 1 aliphatic rings. The van der Waals surface area contributed by atoms with Gasteiger partial charge in [-0.3, -0.25) is 4.79 Å². The van der Waals surface area contributed by atoms with Gasteiger partial charge in [-0.1, -0.05) is 0 Å². The zero-order valence-electron chi connectivity index (χ0n) is 12.8. The van der Waals surface area contributed by atoms with E-state index in [4.69, 9.17) is 9.47 Å². The van der Waals surface area contributed by atoms with Crippen LogP contribution in [-0.4, -0.2) is 58.4 Å². The predicted octanol–water partition coefficient (Wildman–Crippen LogP) is 0.534.